The van der Waals surface area contributed by atoms with Crippen molar-refractivity contribution in [1.29, 1.82) is 0 Å². The third kappa shape index (κ3) is 4.09. The van der Waals surface area contributed by atoms with Crippen LogP contribution in [0.5, 0.6) is 0 Å². The van der Waals surface area contributed by atoms with Crippen LogP contribution in [0.15, 0.2) is 65.2 Å². The number of carbonyl (C=O) groups excluding carboxylic acids is 2. The first kappa shape index (κ1) is 20.1. The number of carbonyl (C=O) groups is 2. The number of hydrogen-bond donors (Lipinski definition) is 3. The van der Waals surface area contributed by atoms with Gasteiger partial charge in [-0.1, -0.05) is 41.6 Å². The van der Waals surface area contributed by atoms with Gasteiger partial charge in [0.2, 0.25) is 5.91 Å². The van der Waals surface area contributed by atoms with E-state index in [0.29, 0.717) is 39.0 Å². The van der Waals surface area contributed by atoms with Gasteiger partial charge in [-0.3, -0.25) is 4.79 Å². The second-order valence-electron chi connectivity index (χ2n) is 7.00. The van der Waals surface area contributed by atoms with Crippen molar-refractivity contribution in [2.24, 2.45) is 5.73 Å². The van der Waals surface area contributed by atoms with Crippen molar-refractivity contribution >= 4 is 28.6 Å². The molecule has 0 saturated carbocycles. The summed E-state index contributed by atoms with van der Waals surface area (Å²) in [5, 5.41) is 9.99. The highest BCUT2D eigenvalue weighted by Gasteiger charge is 2.19. The van der Waals surface area contributed by atoms with E-state index in [1.54, 1.807) is 37.3 Å². The number of aryl methyl sites for hydroxylation is 1. The molecule has 0 atom stereocenters. The maximum Gasteiger partial charge on any atom is 0.319 e. The molecule has 0 aliphatic heterocycles. The molecule has 0 aliphatic rings. The molecular weight excluding hydrogens is 399 g/mol. The van der Waals surface area contributed by atoms with Crippen LogP contribution in [-0.2, 0) is 6.54 Å². The van der Waals surface area contributed by atoms with E-state index in [0.717, 1.165) is 5.56 Å². The third-order valence-corrected chi connectivity index (χ3v) is 4.91. The Morgan fingerprint density at radius 1 is 1.10 bits per heavy atom. The van der Waals surface area contributed by atoms with Crippen LogP contribution in [0.25, 0.3) is 22.2 Å². The number of primary amides is 1. The fourth-order valence-corrected chi connectivity index (χ4v) is 3.31. The predicted molar refractivity (Wildman–Crippen MR) is 115 cm³/mol. The van der Waals surface area contributed by atoms with Crippen molar-refractivity contribution < 1.29 is 18.5 Å². The van der Waals surface area contributed by atoms with Crippen molar-refractivity contribution in [3.8, 4) is 11.3 Å². The van der Waals surface area contributed by atoms with Crippen molar-refractivity contribution in [2.75, 3.05) is 5.32 Å². The van der Waals surface area contributed by atoms with Gasteiger partial charge >= 0.3 is 6.03 Å². The summed E-state index contributed by atoms with van der Waals surface area (Å²) in [5.74, 6) is -0.985. The third-order valence-electron chi connectivity index (χ3n) is 4.91. The first-order valence-corrected chi connectivity index (χ1v) is 9.51. The zero-order valence-electron chi connectivity index (χ0n) is 16.6. The van der Waals surface area contributed by atoms with Crippen LogP contribution in [0, 0.1) is 12.7 Å². The smallest absolute Gasteiger partial charge is 0.319 e. The van der Waals surface area contributed by atoms with Gasteiger partial charge in [0.1, 0.15) is 11.5 Å². The lowest BCUT2D eigenvalue weighted by molar-refractivity contribution is 0.100. The molecule has 31 heavy (non-hydrogen) atoms. The highest BCUT2D eigenvalue weighted by molar-refractivity contribution is 6.10. The zero-order valence-corrected chi connectivity index (χ0v) is 16.6. The summed E-state index contributed by atoms with van der Waals surface area (Å²) in [7, 11) is 0. The predicted octanol–water partition coefficient (Wildman–Crippen LogP) is 4.36. The number of anilines is 1. The fraction of sp³-hybridized carbons (Fsp3) is 0.0870. The Morgan fingerprint density at radius 2 is 1.90 bits per heavy atom. The number of benzene rings is 3. The van der Waals surface area contributed by atoms with Gasteiger partial charge in [0.05, 0.1) is 10.9 Å². The number of nitrogens with zero attached hydrogens (tertiary/aromatic N) is 1. The van der Waals surface area contributed by atoms with Gasteiger partial charge in [-0.05, 0) is 42.3 Å². The molecule has 1 aromatic heterocycles. The summed E-state index contributed by atoms with van der Waals surface area (Å²) in [6, 6.07) is 16.3. The van der Waals surface area contributed by atoms with Gasteiger partial charge in [-0.25, -0.2) is 9.18 Å². The lowest BCUT2D eigenvalue weighted by atomic mass is 9.99. The molecule has 0 aliphatic carbocycles. The lowest BCUT2D eigenvalue weighted by Crippen LogP contribution is -2.28. The number of hydrogen-bond acceptors (Lipinski definition) is 4. The quantitative estimate of drug-likeness (QED) is 0.447. The first-order chi connectivity index (χ1) is 14.9. The van der Waals surface area contributed by atoms with Crippen LogP contribution in [0.1, 0.15) is 21.5 Å². The standard InChI is InChI=1S/C23H19FN4O3/c1-13-9-10-15(11-18(13)24)27-23(30)26-12-14-5-2-3-6-16(14)21-20-17(22(25)29)7-4-8-19(20)31-28-21/h2-11H,12H2,1H3,(H2,25,29)(H2,26,27,30). The average Bonchev–Trinajstić information content (AvgIpc) is 3.19. The number of halogens is 1. The van der Waals surface area contributed by atoms with Crippen LogP contribution in [-0.4, -0.2) is 17.1 Å². The van der Waals surface area contributed by atoms with Gasteiger partial charge in [-0.2, -0.15) is 0 Å². The van der Waals surface area contributed by atoms with Crippen LogP contribution >= 0.6 is 0 Å². The second-order valence-corrected chi connectivity index (χ2v) is 7.00. The molecule has 0 saturated heterocycles. The van der Waals surface area contributed by atoms with Crippen LogP contribution in [0.2, 0.25) is 0 Å². The SMILES string of the molecule is Cc1ccc(NC(=O)NCc2ccccc2-c2noc3cccc(C(N)=O)c23)cc1F. The Morgan fingerprint density at radius 3 is 2.68 bits per heavy atom. The summed E-state index contributed by atoms with van der Waals surface area (Å²) in [6.07, 6.45) is 0. The zero-order chi connectivity index (χ0) is 22.0. The van der Waals surface area contributed by atoms with Crippen molar-refractivity contribution in [3.05, 3.63) is 83.2 Å². The summed E-state index contributed by atoms with van der Waals surface area (Å²) in [4.78, 5) is 24.2. The molecule has 8 heteroatoms. The highest BCUT2D eigenvalue weighted by atomic mass is 19.1. The molecule has 156 valence electrons. The maximum absolute atomic E-state index is 13.7. The van der Waals surface area contributed by atoms with E-state index in [-0.39, 0.29) is 6.54 Å². The van der Waals surface area contributed by atoms with Crippen molar-refractivity contribution in [2.45, 2.75) is 13.5 Å². The van der Waals surface area contributed by atoms with E-state index < -0.39 is 17.8 Å². The Balaban J connectivity index is 1.59. The minimum Gasteiger partial charge on any atom is -0.366 e. The summed E-state index contributed by atoms with van der Waals surface area (Å²) in [6.45, 7) is 1.82. The summed E-state index contributed by atoms with van der Waals surface area (Å²) >= 11 is 0. The number of amides is 3. The molecule has 0 radical (unpaired) electrons. The summed E-state index contributed by atoms with van der Waals surface area (Å²) in [5.41, 5.74) is 9.00. The first-order valence-electron chi connectivity index (χ1n) is 9.51. The fourth-order valence-electron chi connectivity index (χ4n) is 3.31. The van der Waals surface area contributed by atoms with E-state index in [1.807, 2.05) is 24.3 Å². The molecule has 0 fully saturated rings. The number of fused-ring (bicyclic) bond motifs is 1. The Bertz CT molecular complexity index is 1300. The summed E-state index contributed by atoms with van der Waals surface area (Å²) < 4.78 is 19.1. The minimum atomic E-state index is -0.588. The normalized spacial score (nSPS) is 10.8. The van der Waals surface area contributed by atoms with Gasteiger partial charge < -0.3 is 20.9 Å². The molecule has 0 bridgehead atoms. The van der Waals surface area contributed by atoms with Crippen LogP contribution < -0.4 is 16.4 Å². The van der Waals surface area contributed by atoms with E-state index in [4.69, 9.17) is 10.3 Å². The molecule has 0 unspecified atom stereocenters. The number of rotatable bonds is 5. The molecular formula is C23H19FN4O3. The lowest BCUT2D eigenvalue weighted by Gasteiger charge is -2.11. The average molecular weight is 418 g/mol. The minimum absolute atomic E-state index is 0.170. The maximum atomic E-state index is 13.7. The molecule has 3 amide bonds. The Labute approximate surface area is 177 Å². The molecule has 4 N–H and O–H groups in total. The molecule has 3 aromatic carbocycles. The van der Waals surface area contributed by atoms with Gasteiger partial charge in [0, 0.05) is 17.8 Å². The van der Waals surface area contributed by atoms with E-state index in [2.05, 4.69) is 15.8 Å². The highest BCUT2D eigenvalue weighted by Crippen LogP contribution is 2.32. The van der Waals surface area contributed by atoms with E-state index in [1.165, 1.54) is 6.07 Å². The van der Waals surface area contributed by atoms with E-state index in [9.17, 15) is 14.0 Å². The number of nitrogens with one attached hydrogen (secondary N) is 2. The van der Waals surface area contributed by atoms with Gasteiger partial charge in [-0.15, -0.1) is 0 Å². The molecule has 7 nitrogen and oxygen atoms in total. The molecule has 0 spiro atoms. The molecule has 4 rings (SSSR count). The Hall–Kier alpha value is -4.20. The van der Waals surface area contributed by atoms with Crippen molar-refractivity contribution in [3.63, 3.8) is 0 Å². The van der Waals surface area contributed by atoms with E-state index >= 15 is 0 Å². The Kier molecular flexibility index (Phi) is 5.36. The van der Waals surface area contributed by atoms with Gasteiger partial charge in [0.25, 0.3) is 0 Å². The van der Waals surface area contributed by atoms with Crippen molar-refractivity contribution in [1.82, 2.24) is 10.5 Å². The van der Waals surface area contributed by atoms with Crippen LogP contribution in [0.4, 0.5) is 14.9 Å². The van der Waals surface area contributed by atoms with Gasteiger partial charge in [0.15, 0.2) is 5.58 Å². The largest absolute Gasteiger partial charge is 0.366 e. The number of urea groups is 1. The number of aromatic nitrogens is 1. The second kappa shape index (κ2) is 8.27. The topological polar surface area (TPSA) is 110 Å². The molecule has 4 aromatic rings. The van der Waals surface area contributed by atoms with Crippen LogP contribution in [0.3, 0.4) is 0 Å². The number of nitrogens with two attached hydrogens (primary N) is 1. The molecule has 1 heterocycles. The monoisotopic (exact) mass is 418 g/mol.